The summed E-state index contributed by atoms with van der Waals surface area (Å²) in [5.74, 6) is -3.50. The Morgan fingerprint density at radius 1 is 0.816 bits per heavy atom. The number of methoxy groups -OCH3 is 2. The Balaban J connectivity index is 2.20. The summed E-state index contributed by atoms with van der Waals surface area (Å²) < 4.78 is 21.4. The molecule has 7 N–H and O–H groups in total. The first-order valence-electron chi connectivity index (χ1n) is 11.4. The van der Waals surface area contributed by atoms with Gasteiger partial charge in [-0.15, -0.1) is 0 Å². The Labute approximate surface area is 217 Å². The molecule has 0 amide bonds. The van der Waals surface area contributed by atoms with Crippen molar-refractivity contribution in [2.75, 3.05) is 20.8 Å². The van der Waals surface area contributed by atoms with Gasteiger partial charge in [-0.05, 0) is 13.8 Å². The molecular weight excluding hydrogens is 508 g/mol. The highest BCUT2D eigenvalue weighted by molar-refractivity contribution is 6.01. The zero-order valence-electron chi connectivity index (χ0n) is 21.0. The van der Waals surface area contributed by atoms with Crippen molar-refractivity contribution in [1.82, 2.24) is 0 Å². The summed E-state index contributed by atoms with van der Waals surface area (Å²) in [7, 11) is 2.46. The molecule has 5 atom stereocenters. The minimum atomic E-state index is -1.81. The van der Waals surface area contributed by atoms with Crippen LogP contribution in [0.5, 0.6) is 34.5 Å². The number of hydrogen-bond donors (Lipinski definition) is 7. The molecule has 1 saturated heterocycles. The van der Waals surface area contributed by atoms with Gasteiger partial charge in [0.25, 0.3) is 0 Å². The van der Waals surface area contributed by atoms with Crippen LogP contribution in [0.4, 0.5) is 0 Å². The number of ether oxygens (including phenoxy) is 4. The molecule has 2 aromatic carbocycles. The maximum absolute atomic E-state index is 12.3. The van der Waals surface area contributed by atoms with Gasteiger partial charge in [0.1, 0.15) is 70.0 Å². The second-order valence-electron chi connectivity index (χ2n) is 8.68. The second kappa shape index (κ2) is 11.4. The van der Waals surface area contributed by atoms with E-state index in [0.29, 0.717) is 0 Å². The molecule has 0 radical (unpaired) electrons. The van der Waals surface area contributed by atoms with Crippen molar-refractivity contribution >= 4 is 11.6 Å². The summed E-state index contributed by atoms with van der Waals surface area (Å²) in [5.41, 5.74) is -0.928. The summed E-state index contributed by atoms with van der Waals surface area (Å²) in [6.45, 7) is 1.61. The highest BCUT2D eigenvalue weighted by Gasteiger charge is 2.45. The number of phenolic OH excluding ortho intramolecular Hbond substituents is 3. The van der Waals surface area contributed by atoms with Crippen LogP contribution < -0.4 is 14.2 Å². The molecule has 3 rings (SSSR count). The Kier molecular flexibility index (Phi) is 8.69. The molecular formula is C25H30O13. The van der Waals surface area contributed by atoms with Gasteiger partial charge in [0, 0.05) is 29.7 Å². The number of Topliss-reactive ketones (excluding diaryl/α,β-unsaturated/α-hetero) is 2. The van der Waals surface area contributed by atoms with Gasteiger partial charge >= 0.3 is 0 Å². The maximum Gasteiger partial charge on any atom is 0.229 e. The molecule has 0 aromatic heterocycles. The SMILES string of the molecule is COc1cc(O)c(Cc2c(O[C@@H]3O[C@H](CO)[C@@H](O)[C@H](O)[C@H]3O)cc(OC)c(C(C)=O)c2O)c(O)c1C(C)=O. The molecule has 1 aliphatic rings. The number of carbonyl (C=O) groups is 2. The third-order valence-corrected chi connectivity index (χ3v) is 6.26. The van der Waals surface area contributed by atoms with Gasteiger partial charge in [0.05, 0.1) is 20.8 Å². The lowest BCUT2D eigenvalue weighted by molar-refractivity contribution is -0.277. The number of aromatic hydroxyl groups is 3. The summed E-state index contributed by atoms with van der Waals surface area (Å²) in [5, 5.41) is 72.6. The van der Waals surface area contributed by atoms with Gasteiger partial charge in [-0.2, -0.15) is 0 Å². The van der Waals surface area contributed by atoms with E-state index in [1.807, 2.05) is 0 Å². The van der Waals surface area contributed by atoms with E-state index in [4.69, 9.17) is 18.9 Å². The molecule has 1 aliphatic heterocycles. The Morgan fingerprint density at radius 2 is 1.34 bits per heavy atom. The van der Waals surface area contributed by atoms with Gasteiger partial charge in [-0.25, -0.2) is 0 Å². The lowest BCUT2D eigenvalue weighted by Crippen LogP contribution is -2.60. The molecule has 0 bridgehead atoms. The number of rotatable bonds is 9. The molecule has 2 aromatic rings. The molecule has 0 saturated carbocycles. The lowest BCUT2D eigenvalue weighted by Gasteiger charge is -2.39. The van der Waals surface area contributed by atoms with E-state index < -0.39 is 72.5 Å². The predicted octanol–water partition coefficient (Wildman–Crippen LogP) is -0.00470. The van der Waals surface area contributed by atoms with E-state index in [1.165, 1.54) is 27.2 Å². The van der Waals surface area contributed by atoms with Crippen LogP contribution in [0.1, 0.15) is 45.7 Å². The normalized spacial score (nSPS) is 23.1. The van der Waals surface area contributed by atoms with E-state index in [0.717, 1.165) is 13.0 Å². The van der Waals surface area contributed by atoms with E-state index >= 15 is 0 Å². The molecule has 13 nitrogen and oxygen atoms in total. The fraction of sp³-hybridized carbons (Fsp3) is 0.440. The second-order valence-corrected chi connectivity index (χ2v) is 8.68. The highest BCUT2D eigenvalue weighted by Crippen LogP contribution is 2.45. The smallest absolute Gasteiger partial charge is 0.229 e. The van der Waals surface area contributed by atoms with Crippen molar-refractivity contribution in [2.24, 2.45) is 0 Å². The molecule has 208 valence electrons. The number of benzene rings is 2. The molecule has 13 heteroatoms. The van der Waals surface area contributed by atoms with Crippen LogP contribution in [0.2, 0.25) is 0 Å². The molecule has 0 unspecified atom stereocenters. The van der Waals surface area contributed by atoms with Crippen molar-refractivity contribution in [3.63, 3.8) is 0 Å². The lowest BCUT2D eigenvalue weighted by atomic mass is 9.94. The first-order chi connectivity index (χ1) is 17.9. The maximum atomic E-state index is 12.3. The number of hydrogen-bond acceptors (Lipinski definition) is 13. The fourth-order valence-corrected chi connectivity index (χ4v) is 4.25. The molecule has 0 aliphatic carbocycles. The van der Waals surface area contributed by atoms with Crippen molar-refractivity contribution in [2.45, 2.75) is 51.0 Å². The molecule has 1 heterocycles. The van der Waals surface area contributed by atoms with E-state index in [2.05, 4.69) is 0 Å². The average Bonchev–Trinajstić information content (AvgIpc) is 2.86. The van der Waals surface area contributed by atoms with Crippen molar-refractivity contribution in [3.8, 4) is 34.5 Å². The van der Waals surface area contributed by atoms with Gasteiger partial charge in [0.2, 0.25) is 6.29 Å². The van der Waals surface area contributed by atoms with E-state index in [-0.39, 0.29) is 39.5 Å². The number of ketones is 2. The quantitative estimate of drug-likeness (QED) is 0.210. The van der Waals surface area contributed by atoms with Gasteiger partial charge in [0.15, 0.2) is 11.6 Å². The number of aliphatic hydroxyl groups is 4. The zero-order valence-corrected chi connectivity index (χ0v) is 21.0. The topological polar surface area (TPSA) is 213 Å². The summed E-state index contributed by atoms with van der Waals surface area (Å²) in [6, 6.07) is 2.27. The number of carbonyl (C=O) groups excluding carboxylic acids is 2. The third kappa shape index (κ3) is 5.19. The monoisotopic (exact) mass is 538 g/mol. The summed E-state index contributed by atoms with van der Waals surface area (Å²) in [6.07, 6.45) is -8.73. The van der Waals surface area contributed by atoms with Crippen molar-refractivity contribution in [1.29, 1.82) is 0 Å². The van der Waals surface area contributed by atoms with Gasteiger partial charge in [-0.1, -0.05) is 0 Å². The number of aliphatic hydroxyl groups excluding tert-OH is 4. The van der Waals surface area contributed by atoms with Gasteiger partial charge < -0.3 is 54.7 Å². The van der Waals surface area contributed by atoms with Crippen molar-refractivity contribution in [3.05, 3.63) is 34.4 Å². The first kappa shape index (κ1) is 28.9. The predicted molar refractivity (Wildman–Crippen MR) is 128 cm³/mol. The zero-order chi connectivity index (χ0) is 28.5. The largest absolute Gasteiger partial charge is 0.507 e. The first-order valence-corrected chi connectivity index (χ1v) is 11.4. The van der Waals surface area contributed by atoms with E-state index in [1.54, 1.807) is 0 Å². The number of phenols is 3. The third-order valence-electron chi connectivity index (χ3n) is 6.26. The van der Waals surface area contributed by atoms with Crippen LogP contribution in [0, 0.1) is 0 Å². The van der Waals surface area contributed by atoms with E-state index in [9.17, 15) is 45.3 Å². The molecule has 38 heavy (non-hydrogen) atoms. The minimum Gasteiger partial charge on any atom is -0.507 e. The summed E-state index contributed by atoms with van der Waals surface area (Å²) in [4.78, 5) is 24.5. The average molecular weight is 539 g/mol. The van der Waals surface area contributed by atoms with Crippen LogP contribution in [0.3, 0.4) is 0 Å². The van der Waals surface area contributed by atoms with Crippen LogP contribution in [-0.2, 0) is 11.2 Å². The minimum absolute atomic E-state index is 0.0996. The fourth-order valence-electron chi connectivity index (χ4n) is 4.25. The standard InChI is InChI=1S/C25H30O13/c1-9(27)18-15(35-3)6-13(29)11(20(18)30)5-12-14(7-16(36-4)19(10(2)28)21(12)31)37-25-24(34)23(33)22(32)17(8-26)38-25/h6-7,17,22-26,29-34H,5,8H2,1-4H3/t17-,22-,23+,24-,25-/m1/s1. The Bertz CT molecular complexity index is 1220. The Morgan fingerprint density at radius 3 is 1.84 bits per heavy atom. The van der Waals surface area contributed by atoms with Gasteiger partial charge in [-0.3, -0.25) is 9.59 Å². The molecule has 0 spiro atoms. The van der Waals surface area contributed by atoms with Crippen molar-refractivity contribution < 1.29 is 64.3 Å². The molecule has 1 fully saturated rings. The summed E-state index contributed by atoms with van der Waals surface area (Å²) >= 11 is 0. The van der Waals surface area contributed by atoms with Crippen LogP contribution >= 0.6 is 0 Å². The van der Waals surface area contributed by atoms with Crippen LogP contribution in [0.15, 0.2) is 12.1 Å². The van der Waals surface area contributed by atoms with Crippen LogP contribution in [0.25, 0.3) is 0 Å². The van der Waals surface area contributed by atoms with Crippen LogP contribution in [-0.4, -0.2) is 98.8 Å². The Hall–Kier alpha value is -3.62. The highest BCUT2D eigenvalue weighted by atomic mass is 16.7.